The zero-order valence-corrected chi connectivity index (χ0v) is 12.9. The van der Waals surface area contributed by atoms with E-state index in [2.05, 4.69) is 5.32 Å². The molecule has 0 radical (unpaired) electrons. The molecule has 3 amide bonds. The summed E-state index contributed by atoms with van der Waals surface area (Å²) in [5.74, 6) is -0.836. The first-order valence-electron chi connectivity index (χ1n) is 6.85. The van der Waals surface area contributed by atoms with Gasteiger partial charge in [-0.1, -0.05) is 6.07 Å². The van der Waals surface area contributed by atoms with E-state index in [-0.39, 0.29) is 6.61 Å². The number of esters is 1. The van der Waals surface area contributed by atoms with E-state index < -0.39 is 24.5 Å². The van der Waals surface area contributed by atoms with Crippen LogP contribution in [0.5, 0.6) is 5.75 Å². The first kappa shape index (κ1) is 17.5. The summed E-state index contributed by atoms with van der Waals surface area (Å²) in [6, 6.07) is 4.94. The van der Waals surface area contributed by atoms with E-state index in [4.69, 9.17) is 9.47 Å². The molecule has 0 bridgehead atoms. The van der Waals surface area contributed by atoms with Crippen LogP contribution in [-0.4, -0.2) is 37.7 Å². The molecule has 0 aliphatic heterocycles. The van der Waals surface area contributed by atoms with Gasteiger partial charge in [-0.05, 0) is 44.0 Å². The van der Waals surface area contributed by atoms with Crippen molar-refractivity contribution in [2.75, 3.05) is 19.8 Å². The van der Waals surface area contributed by atoms with E-state index in [1.165, 1.54) is 0 Å². The van der Waals surface area contributed by atoms with Gasteiger partial charge in [-0.25, -0.2) is 9.59 Å². The summed E-state index contributed by atoms with van der Waals surface area (Å²) in [4.78, 5) is 33.8. The number of rotatable bonds is 6. The van der Waals surface area contributed by atoms with Crippen molar-refractivity contribution < 1.29 is 23.9 Å². The van der Waals surface area contributed by atoms with Crippen LogP contribution >= 0.6 is 0 Å². The Hall–Kier alpha value is -2.57. The molecule has 120 valence electrons. The van der Waals surface area contributed by atoms with Crippen molar-refractivity contribution >= 4 is 17.9 Å². The molecule has 2 N–H and O–H groups in total. The number of carbonyl (C=O) groups is 3. The number of benzene rings is 1. The van der Waals surface area contributed by atoms with Gasteiger partial charge in [0.25, 0.3) is 5.91 Å². The molecule has 0 heterocycles. The van der Waals surface area contributed by atoms with Crippen LogP contribution in [0, 0.1) is 13.8 Å². The van der Waals surface area contributed by atoms with Gasteiger partial charge in [-0.3, -0.25) is 10.1 Å². The summed E-state index contributed by atoms with van der Waals surface area (Å²) in [5, 5.41) is 4.40. The largest absolute Gasteiger partial charge is 0.482 e. The number of ether oxygens (including phenoxy) is 2. The second-order valence-electron chi connectivity index (χ2n) is 4.68. The lowest BCUT2D eigenvalue weighted by molar-refractivity contribution is -0.150. The fraction of sp³-hybridized carbons (Fsp3) is 0.400. The molecular weight excluding hydrogens is 288 g/mol. The maximum absolute atomic E-state index is 11.5. The number of nitrogens with one attached hydrogen (secondary N) is 2. The molecule has 0 aliphatic carbocycles. The number of hydrogen-bond acceptors (Lipinski definition) is 5. The molecule has 0 spiro atoms. The molecule has 1 aromatic rings. The molecular formula is C15H20N2O5. The molecule has 0 aliphatic rings. The summed E-state index contributed by atoms with van der Waals surface area (Å²) in [7, 11) is 0. The van der Waals surface area contributed by atoms with Crippen molar-refractivity contribution in [3.8, 4) is 5.75 Å². The molecule has 0 unspecified atom stereocenters. The monoisotopic (exact) mass is 308 g/mol. The Balaban J connectivity index is 2.31. The van der Waals surface area contributed by atoms with E-state index in [0.29, 0.717) is 12.3 Å². The average molecular weight is 308 g/mol. The molecule has 7 nitrogen and oxygen atoms in total. The molecule has 0 fully saturated rings. The zero-order chi connectivity index (χ0) is 16.5. The number of imide groups is 1. The molecule has 7 heteroatoms. The number of hydrogen-bond donors (Lipinski definition) is 2. The van der Waals surface area contributed by atoms with Gasteiger partial charge in [0.1, 0.15) is 5.75 Å². The van der Waals surface area contributed by atoms with Gasteiger partial charge in [0.05, 0.1) is 0 Å². The third kappa shape index (κ3) is 6.74. The van der Waals surface area contributed by atoms with Gasteiger partial charge >= 0.3 is 12.0 Å². The van der Waals surface area contributed by atoms with Crippen molar-refractivity contribution in [3.63, 3.8) is 0 Å². The minimum absolute atomic E-state index is 0.308. The number of urea groups is 1. The Morgan fingerprint density at radius 1 is 1.05 bits per heavy atom. The van der Waals surface area contributed by atoms with Crippen molar-refractivity contribution in [1.29, 1.82) is 0 Å². The van der Waals surface area contributed by atoms with Crippen LogP contribution < -0.4 is 15.4 Å². The molecule has 0 saturated carbocycles. The lowest BCUT2D eigenvalue weighted by atomic mass is 10.1. The predicted octanol–water partition coefficient (Wildman–Crippen LogP) is 1.07. The number of carbonyl (C=O) groups excluding carboxylic acids is 3. The SMILES string of the molecule is CCNC(=O)NC(=O)COC(=O)COc1cc(C)cc(C)c1. The fourth-order valence-corrected chi connectivity index (χ4v) is 1.71. The first-order valence-corrected chi connectivity index (χ1v) is 6.85. The zero-order valence-electron chi connectivity index (χ0n) is 12.9. The Morgan fingerprint density at radius 2 is 1.68 bits per heavy atom. The minimum Gasteiger partial charge on any atom is -0.482 e. The standard InChI is InChI=1S/C15H20N2O5/c1-4-16-15(20)17-13(18)8-22-14(19)9-21-12-6-10(2)5-11(3)7-12/h5-7H,4,8-9H2,1-3H3,(H2,16,17,18,20). The van der Waals surface area contributed by atoms with Gasteiger partial charge in [0.2, 0.25) is 0 Å². The second-order valence-corrected chi connectivity index (χ2v) is 4.68. The Kier molecular flexibility index (Phi) is 6.88. The van der Waals surface area contributed by atoms with Crippen molar-refractivity contribution in [2.45, 2.75) is 20.8 Å². The summed E-state index contributed by atoms with van der Waals surface area (Å²) in [6.07, 6.45) is 0. The van der Waals surface area contributed by atoms with Crippen molar-refractivity contribution in [3.05, 3.63) is 29.3 Å². The van der Waals surface area contributed by atoms with Crippen LogP contribution in [0.1, 0.15) is 18.1 Å². The smallest absolute Gasteiger partial charge is 0.344 e. The van der Waals surface area contributed by atoms with Crippen molar-refractivity contribution in [1.82, 2.24) is 10.6 Å². The van der Waals surface area contributed by atoms with Gasteiger partial charge in [-0.2, -0.15) is 0 Å². The van der Waals surface area contributed by atoms with Crippen LogP contribution in [0.15, 0.2) is 18.2 Å². The van der Waals surface area contributed by atoms with E-state index in [9.17, 15) is 14.4 Å². The normalized spacial score (nSPS) is 9.77. The quantitative estimate of drug-likeness (QED) is 0.767. The fourth-order valence-electron chi connectivity index (χ4n) is 1.71. The summed E-state index contributed by atoms with van der Waals surface area (Å²) >= 11 is 0. The maximum atomic E-state index is 11.5. The van der Waals surface area contributed by atoms with Crippen LogP contribution in [0.2, 0.25) is 0 Å². The minimum atomic E-state index is -0.703. The highest BCUT2D eigenvalue weighted by Crippen LogP contribution is 2.15. The highest BCUT2D eigenvalue weighted by molar-refractivity contribution is 5.95. The topological polar surface area (TPSA) is 93.7 Å². The van der Waals surface area contributed by atoms with Gasteiger partial charge in [0, 0.05) is 6.54 Å². The molecule has 0 saturated heterocycles. The Bertz CT molecular complexity index is 537. The summed E-state index contributed by atoms with van der Waals surface area (Å²) in [6.45, 7) is 5.11. The van der Waals surface area contributed by atoms with Crippen molar-refractivity contribution in [2.24, 2.45) is 0 Å². The highest BCUT2D eigenvalue weighted by atomic mass is 16.6. The van der Waals surface area contributed by atoms with E-state index in [0.717, 1.165) is 11.1 Å². The first-order chi connectivity index (χ1) is 10.4. The molecule has 0 atom stereocenters. The second kappa shape index (κ2) is 8.66. The third-order valence-electron chi connectivity index (χ3n) is 2.51. The molecule has 0 aromatic heterocycles. The van der Waals surface area contributed by atoms with Gasteiger partial charge in [0.15, 0.2) is 13.2 Å². The van der Waals surface area contributed by atoms with E-state index >= 15 is 0 Å². The van der Waals surface area contributed by atoms with Gasteiger partial charge < -0.3 is 14.8 Å². The molecule has 1 rings (SSSR count). The summed E-state index contributed by atoms with van der Waals surface area (Å²) in [5.41, 5.74) is 2.04. The Labute approximate surface area is 129 Å². The predicted molar refractivity (Wildman–Crippen MR) is 79.6 cm³/mol. The number of amides is 3. The van der Waals surface area contributed by atoms with Gasteiger partial charge in [-0.15, -0.1) is 0 Å². The van der Waals surface area contributed by atoms with Crippen LogP contribution in [0.3, 0.4) is 0 Å². The van der Waals surface area contributed by atoms with Crippen LogP contribution in [-0.2, 0) is 14.3 Å². The number of aryl methyl sites for hydroxylation is 2. The highest BCUT2D eigenvalue weighted by Gasteiger charge is 2.11. The van der Waals surface area contributed by atoms with Crippen LogP contribution in [0.25, 0.3) is 0 Å². The lowest BCUT2D eigenvalue weighted by Gasteiger charge is -2.08. The Morgan fingerprint density at radius 3 is 2.27 bits per heavy atom. The van der Waals surface area contributed by atoms with E-state index in [1.807, 2.05) is 25.2 Å². The maximum Gasteiger partial charge on any atom is 0.344 e. The third-order valence-corrected chi connectivity index (χ3v) is 2.51. The van der Waals surface area contributed by atoms with E-state index in [1.54, 1.807) is 19.1 Å². The average Bonchev–Trinajstić information content (AvgIpc) is 2.42. The molecule has 22 heavy (non-hydrogen) atoms. The lowest BCUT2D eigenvalue weighted by Crippen LogP contribution is -2.41. The summed E-state index contributed by atoms with van der Waals surface area (Å²) < 4.78 is 10.0. The molecule has 1 aromatic carbocycles. The van der Waals surface area contributed by atoms with Crippen LogP contribution in [0.4, 0.5) is 4.79 Å².